The molecule has 0 aliphatic heterocycles. The van der Waals surface area contributed by atoms with Crippen molar-refractivity contribution in [2.45, 2.75) is 38.3 Å². The second-order valence-corrected chi connectivity index (χ2v) is 8.37. The third-order valence-corrected chi connectivity index (χ3v) is 6.09. The third-order valence-electron chi connectivity index (χ3n) is 6.09. The average molecular weight is 444 g/mol. The number of nitrogens with one attached hydrogen (secondary N) is 2. The molecule has 0 radical (unpaired) electrons. The zero-order valence-corrected chi connectivity index (χ0v) is 18.5. The van der Waals surface area contributed by atoms with E-state index < -0.39 is 0 Å². The zero-order chi connectivity index (χ0) is 22.6. The van der Waals surface area contributed by atoms with E-state index in [1.807, 2.05) is 48.9 Å². The highest BCUT2D eigenvalue weighted by Crippen LogP contribution is 2.33. The summed E-state index contributed by atoms with van der Waals surface area (Å²) in [5.41, 5.74) is 16.9. The Morgan fingerprint density at radius 2 is 1.85 bits per heavy atom. The van der Waals surface area contributed by atoms with Crippen LogP contribution < -0.4 is 22.1 Å². The average Bonchev–Trinajstić information content (AvgIpc) is 3.52. The minimum absolute atomic E-state index is 0.447. The van der Waals surface area contributed by atoms with Crippen LogP contribution in [0.2, 0.25) is 0 Å². The SMILES string of the molecule is NCCNc1nc(NCc2ccc(-c3ccccc3N)nc2)c2ncn(C3CCCC3)c2n1. The Morgan fingerprint density at radius 1 is 1.00 bits per heavy atom. The van der Waals surface area contributed by atoms with Crippen molar-refractivity contribution < 1.29 is 0 Å². The fourth-order valence-corrected chi connectivity index (χ4v) is 4.36. The number of benzene rings is 1. The van der Waals surface area contributed by atoms with Gasteiger partial charge in [0, 0.05) is 43.1 Å². The normalized spacial score (nSPS) is 14.1. The second-order valence-electron chi connectivity index (χ2n) is 8.37. The van der Waals surface area contributed by atoms with Crippen LogP contribution in [-0.4, -0.2) is 37.6 Å². The van der Waals surface area contributed by atoms with Gasteiger partial charge in [0.25, 0.3) is 0 Å². The maximum Gasteiger partial charge on any atom is 0.226 e. The van der Waals surface area contributed by atoms with Gasteiger partial charge in [-0.25, -0.2) is 4.98 Å². The Hall–Kier alpha value is -3.72. The monoisotopic (exact) mass is 443 g/mol. The number of para-hydroxylation sites is 1. The van der Waals surface area contributed by atoms with Crippen LogP contribution >= 0.6 is 0 Å². The molecule has 0 bridgehead atoms. The zero-order valence-electron chi connectivity index (χ0n) is 18.5. The van der Waals surface area contributed by atoms with Gasteiger partial charge in [-0.05, 0) is 30.5 Å². The highest BCUT2D eigenvalue weighted by atomic mass is 15.2. The summed E-state index contributed by atoms with van der Waals surface area (Å²) in [5.74, 6) is 1.26. The molecule has 9 heteroatoms. The number of rotatable bonds is 8. The summed E-state index contributed by atoms with van der Waals surface area (Å²) in [6.07, 6.45) is 8.57. The van der Waals surface area contributed by atoms with E-state index in [4.69, 9.17) is 16.5 Å². The van der Waals surface area contributed by atoms with Crippen LogP contribution in [0.4, 0.5) is 17.5 Å². The number of nitrogens with two attached hydrogens (primary N) is 2. The van der Waals surface area contributed by atoms with Crippen molar-refractivity contribution in [1.82, 2.24) is 24.5 Å². The lowest BCUT2D eigenvalue weighted by Crippen LogP contribution is -2.16. The predicted octanol–water partition coefficient (Wildman–Crippen LogP) is 3.57. The predicted molar refractivity (Wildman–Crippen MR) is 132 cm³/mol. The molecule has 0 unspecified atom stereocenters. The number of imidazole rings is 1. The molecule has 5 rings (SSSR count). The third kappa shape index (κ3) is 4.45. The molecule has 1 aliphatic carbocycles. The molecule has 1 saturated carbocycles. The first-order valence-corrected chi connectivity index (χ1v) is 11.4. The topological polar surface area (TPSA) is 133 Å². The molecule has 0 amide bonds. The molecule has 0 atom stereocenters. The summed E-state index contributed by atoms with van der Waals surface area (Å²) in [4.78, 5) is 18.7. The van der Waals surface area contributed by atoms with E-state index in [0.717, 1.165) is 46.5 Å². The van der Waals surface area contributed by atoms with Crippen molar-refractivity contribution >= 4 is 28.6 Å². The molecule has 6 N–H and O–H groups in total. The lowest BCUT2D eigenvalue weighted by molar-refractivity contribution is 0.529. The lowest BCUT2D eigenvalue weighted by Gasteiger charge is -2.14. The molecule has 0 spiro atoms. The Labute approximate surface area is 192 Å². The minimum atomic E-state index is 0.447. The van der Waals surface area contributed by atoms with Crippen LogP contribution in [0.25, 0.3) is 22.4 Å². The van der Waals surface area contributed by atoms with Crippen molar-refractivity contribution in [3.05, 3.63) is 54.5 Å². The molecule has 1 fully saturated rings. The van der Waals surface area contributed by atoms with Gasteiger partial charge in [0.05, 0.1) is 12.0 Å². The highest BCUT2D eigenvalue weighted by Gasteiger charge is 2.21. The smallest absolute Gasteiger partial charge is 0.226 e. The number of fused-ring (bicyclic) bond motifs is 1. The van der Waals surface area contributed by atoms with E-state index in [1.54, 1.807) is 0 Å². The van der Waals surface area contributed by atoms with E-state index in [-0.39, 0.29) is 0 Å². The molecule has 0 saturated heterocycles. The van der Waals surface area contributed by atoms with Gasteiger partial charge in [-0.2, -0.15) is 9.97 Å². The van der Waals surface area contributed by atoms with E-state index in [2.05, 4.69) is 30.2 Å². The van der Waals surface area contributed by atoms with Crippen molar-refractivity contribution in [3.63, 3.8) is 0 Å². The van der Waals surface area contributed by atoms with Gasteiger partial charge < -0.3 is 26.7 Å². The molecule has 3 aromatic heterocycles. The first-order chi connectivity index (χ1) is 16.2. The number of anilines is 3. The van der Waals surface area contributed by atoms with Crippen LogP contribution in [0.15, 0.2) is 48.9 Å². The summed E-state index contributed by atoms with van der Waals surface area (Å²) in [6.45, 7) is 1.68. The number of nitrogens with zero attached hydrogens (tertiary/aromatic N) is 5. The van der Waals surface area contributed by atoms with Gasteiger partial charge in [0.2, 0.25) is 5.95 Å². The van der Waals surface area contributed by atoms with Crippen molar-refractivity contribution in [2.75, 3.05) is 29.5 Å². The van der Waals surface area contributed by atoms with Gasteiger partial charge >= 0.3 is 0 Å². The molecule has 170 valence electrons. The van der Waals surface area contributed by atoms with Gasteiger partial charge in [-0.3, -0.25) is 4.98 Å². The van der Waals surface area contributed by atoms with Gasteiger partial charge in [-0.1, -0.05) is 37.1 Å². The van der Waals surface area contributed by atoms with Gasteiger partial charge in [-0.15, -0.1) is 0 Å². The first kappa shape index (κ1) is 21.1. The molecule has 9 nitrogen and oxygen atoms in total. The molecule has 33 heavy (non-hydrogen) atoms. The Balaban J connectivity index is 1.39. The van der Waals surface area contributed by atoms with Gasteiger partial charge in [0.1, 0.15) is 0 Å². The number of aromatic nitrogens is 5. The molecule has 1 aromatic carbocycles. The standard InChI is InChI=1S/C24H29N9/c25-11-12-27-24-31-22(21-23(32-24)33(15-30-21)17-5-1-2-6-17)29-14-16-9-10-20(28-13-16)18-7-3-4-8-19(18)26/h3-4,7-10,13,15,17H,1-2,5-6,11-12,14,25-26H2,(H2,27,29,31,32). The van der Waals surface area contributed by atoms with E-state index >= 15 is 0 Å². The largest absolute Gasteiger partial charge is 0.398 e. The maximum atomic E-state index is 6.08. The fraction of sp³-hybridized carbons (Fsp3) is 0.333. The van der Waals surface area contributed by atoms with Crippen molar-refractivity contribution in [2.24, 2.45) is 5.73 Å². The lowest BCUT2D eigenvalue weighted by atomic mass is 10.1. The summed E-state index contributed by atoms with van der Waals surface area (Å²) < 4.78 is 2.20. The van der Waals surface area contributed by atoms with E-state index in [1.165, 1.54) is 12.8 Å². The molecule has 1 aliphatic rings. The van der Waals surface area contributed by atoms with E-state index in [9.17, 15) is 0 Å². The van der Waals surface area contributed by atoms with Crippen molar-refractivity contribution in [1.29, 1.82) is 0 Å². The second kappa shape index (κ2) is 9.41. The Kier molecular flexibility index (Phi) is 6.03. The molecular weight excluding hydrogens is 414 g/mol. The minimum Gasteiger partial charge on any atom is -0.398 e. The van der Waals surface area contributed by atoms with Crippen LogP contribution in [0.1, 0.15) is 37.3 Å². The quantitative estimate of drug-likeness (QED) is 0.304. The number of pyridine rings is 1. The van der Waals surface area contributed by atoms with Crippen LogP contribution in [0.5, 0.6) is 0 Å². The fourth-order valence-electron chi connectivity index (χ4n) is 4.36. The Bertz CT molecular complexity index is 1230. The molecular formula is C24H29N9. The van der Waals surface area contributed by atoms with Crippen molar-refractivity contribution in [3.8, 4) is 11.3 Å². The first-order valence-electron chi connectivity index (χ1n) is 11.4. The van der Waals surface area contributed by atoms with E-state index in [0.29, 0.717) is 37.4 Å². The number of hydrogen-bond acceptors (Lipinski definition) is 8. The van der Waals surface area contributed by atoms with Crippen LogP contribution in [0, 0.1) is 0 Å². The number of hydrogen-bond donors (Lipinski definition) is 4. The van der Waals surface area contributed by atoms with Crippen LogP contribution in [-0.2, 0) is 6.54 Å². The van der Waals surface area contributed by atoms with Gasteiger partial charge in [0.15, 0.2) is 17.0 Å². The van der Waals surface area contributed by atoms with Crippen LogP contribution in [0.3, 0.4) is 0 Å². The summed E-state index contributed by atoms with van der Waals surface area (Å²) in [5, 5.41) is 6.64. The Morgan fingerprint density at radius 3 is 2.61 bits per heavy atom. The number of nitrogen functional groups attached to an aromatic ring is 1. The highest BCUT2D eigenvalue weighted by molar-refractivity contribution is 5.84. The summed E-state index contributed by atoms with van der Waals surface area (Å²) >= 11 is 0. The maximum absolute atomic E-state index is 6.08. The summed E-state index contributed by atoms with van der Waals surface area (Å²) in [7, 11) is 0. The molecule has 4 aromatic rings. The summed E-state index contributed by atoms with van der Waals surface area (Å²) in [6, 6.07) is 12.2. The molecule has 3 heterocycles.